The molecule has 1 aliphatic rings. The van der Waals surface area contributed by atoms with Crippen molar-refractivity contribution in [2.45, 2.75) is 24.8 Å². The molecule has 7 nitrogen and oxygen atoms in total. The van der Waals surface area contributed by atoms with Crippen LogP contribution in [0.4, 0.5) is 5.69 Å². The second-order valence-electron chi connectivity index (χ2n) is 8.26. The fraction of sp³-hybridized carbons (Fsp3) is 0.333. The normalized spacial score (nSPS) is 14.8. The van der Waals surface area contributed by atoms with E-state index in [0.29, 0.717) is 31.9 Å². The molecule has 8 heteroatoms. The van der Waals surface area contributed by atoms with E-state index in [1.165, 1.54) is 12.1 Å². The van der Waals surface area contributed by atoms with Crippen LogP contribution in [0.5, 0.6) is 5.75 Å². The Balaban J connectivity index is 1.53. The number of piperazine rings is 1. The van der Waals surface area contributed by atoms with Gasteiger partial charge in [0.2, 0.25) is 0 Å². The number of aromatic nitrogens is 1. The van der Waals surface area contributed by atoms with Crippen LogP contribution in [0.1, 0.15) is 24.2 Å². The monoisotopic (exact) mass is 453 g/mol. The van der Waals surface area contributed by atoms with E-state index in [4.69, 9.17) is 4.74 Å². The molecule has 32 heavy (non-hydrogen) atoms. The van der Waals surface area contributed by atoms with Crippen molar-refractivity contribution < 1.29 is 17.9 Å². The summed E-state index contributed by atoms with van der Waals surface area (Å²) in [5.74, 6) is 0.181. The Morgan fingerprint density at radius 3 is 2.44 bits per heavy atom. The van der Waals surface area contributed by atoms with Crippen LogP contribution in [0.25, 0.3) is 10.9 Å². The number of rotatable bonds is 5. The highest BCUT2D eigenvalue weighted by molar-refractivity contribution is 7.90. The molecule has 0 spiro atoms. The molecule has 0 aliphatic carbocycles. The molecule has 0 unspecified atom stereocenters. The Labute approximate surface area is 188 Å². The summed E-state index contributed by atoms with van der Waals surface area (Å²) in [5, 5.41) is 1.08. The second-order valence-corrected chi connectivity index (χ2v) is 10.3. The Kier molecular flexibility index (Phi) is 6.06. The van der Waals surface area contributed by atoms with Gasteiger partial charge in [-0.2, -0.15) is 0 Å². The van der Waals surface area contributed by atoms with Crippen LogP contribution < -0.4 is 9.64 Å². The number of benzene rings is 2. The Hall–Kier alpha value is -3.13. The number of carbonyl (C=O) groups excluding carboxylic acids is 1. The first kappa shape index (κ1) is 22.1. The zero-order valence-corrected chi connectivity index (χ0v) is 19.3. The number of ether oxygens (including phenoxy) is 1. The maximum atomic E-state index is 13.3. The highest BCUT2D eigenvalue weighted by Gasteiger charge is 2.26. The van der Waals surface area contributed by atoms with Gasteiger partial charge in [-0.15, -0.1) is 0 Å². The Morgan fingerprint density at radius 1 is 1.03 bits per heavy atom. The topological polar surface area (TPSA) is 79.8 Å². The first-order valence-electron chi connectivity index (χ1n) is 10.6. The molecule has 0 N–H and O–H groups in total. The third kappa shape index (κ3) is 4.70. The number of nitrogens with zero attached hydrogens (tertiary/aromatic N) is 3. The highest BCUT2D eigenvalue weighted by atomic mass is 32.2. The number of para-hydroxylation sites is 1. The number of amides is 1. The van der Waals surface area contributed by atoms with Crippen molar-refractivity contribution in [3.8, 4) is 5.75 Å². The predicted molar refractivity (Wildman–Crippen MR) is 125 cm³/mol. The lowest BCUT2D eigenvalue weighted by molar-refractivity contribution is 0.0740. The smallest absolute Gasteiger partial charge is 0.257 e. The minimum atomic E-state index is -3.44. The average molecular weight is 454 g/mol. The van der Waals surface area contributed by atoms with Gasteiger partial charge in [0.15, 0.2) is 9.84 Å². The highest BCUT2D eigenvalue weighted by Crippen LogP contribution is 2.27. The van der Waals surface area contributed by atoms with Gasteiger partial charge in [0.05, 0.1) is 34.0 Å². The second kappa shape index (κ2) is 8.78. The van der Waals surface area contributed by atoms with Gasteiger partial charge in [-0.25, -0.2) is 8.42 Å². The minimum absolute atomic E-state index is 0.109. The van der Waals surface area contributed by atoms with Gasteiger partial charge in [-0.1, -0.05) is 18.2 Å². The van der Waals surface area contributed by atoms with Crippen LogP contribution in [0, 0.1) is 0 Å². The van der Waals surface area contributed by atoms with Crippen LogP contribution in [0.2, 0.25) is 0 Å². The fourth-order valence-corrected chi connectivity index (χ4v) is 4.48. The number of sulfone groups is 1. The van der Waals surface area contributed by atoms with E-state index in [9.17, 15) is 13.2 Å². The van der Waals surface area contributed by atoms with Crippen LogP contribution >= 0.6 is 0 Å². The summed E-state index contributed by atoms with van der Waals surface area (Å²) in [6.45, 7) is 6.12. The number of hydrogen-bond acceptors (Lipinski definition) is 6. The molecule has 2 heterocycles. The zero-order valence-electron chi connectivity index (χ0n) is 18.5. The summed E-state index contributed by atoms with van der Waals surface area (Å²) < 4.78 is 29.9. The predicted octanol–water partition coefficient (Wildman–Crippen LogP) is 3.39. The van der Waals surface area contributed by atoms with Gasteiger partial charge in [-0.3, -0.25) is 9.78 Å². The molecule has 3 aromatic rings. The lowest BCUT2D eigenvalue weighted by Gasteiger charge is -2.36. The summed E-state index contributed by atoms with van der Waals surface area (Å²) in [5.41, 5.74) is 2.26. The van der Waals surface area contributed by atoms with E-state index in [0.717, 1.165) is 22.8 Å². The Bertz CT molecular complexity index is 1250. The molecule has 0 radical (unpaired) electrons. The average Bonchev–Trinajstić information content (AvgIpc) is 2.77. The molecule has 168 valence electrons. The van der Waals surface area contributed by atoms with E-state index >= 15 is 0 Å². The molecule has 1 fully saturated rings. The third-order valence-electron chi connectivity index (χ3n) is 5.48. The molecular weight excluding hydrogens is 426 g/mol. The van der Waals surface area contributed by atoms with Crippen molar-refractivity contribution in [1.29, 1.82) is 0 Å². The third-order valence-corrected chi connectivity index (χ3v) is 6.59. The summed E-state index contributed by atoms with van der Waals surface area (Å²) in [6, 6.07) is 14.6. The molecule has 1 aliphatic heterocycles. The molecule has 0 bridgehead atoms. The van der Waals surface area contributed by atoms with Gasteiger partial charge >= 0.3 is 0 Å². The number of carbonyl (C=O) groups is 1. The molecule has 1 amide bonds. The largest absolute Gasteiger partial charge is 0.490 e. The molecule has 1 aromatic heterocycles. The van der Waals surface area contributed by atoms with Crippen molar-refractivity contribution in [3.63, 3.8) is 0 Å². The molecule has 0 atom stereocenters. The fourth-order valence-electron chi connectivity index (χ4n) is 3.83. The first-order valence-corrected chi connectivity index (χ1v) is 12.5. The van der Waals surface area contributed by atoms with Crippen LogP contribution in [-0.4, -0.2) is 62.7 Å². The standard InChI is InChI=1S/C24H27N3O4S/c1-17(2)31-23-9-8-20(32(3,29)30)15-21(23)24(28)27-12-10-26(11-13-27)19-14-18-6-4-5-7-22(18)25-16-19/h4-9,14-17H,10-13H2,1-3H3. The van der Waals surface area contributed by atoms with E-state index in [1.54, 1.807) is 11.0 Å². The van der Waals surface area contributed by atoms with E-state index in [-0.39, 0.29) is 22.5 Å². The molecular formula is C24H27N3O4S. The SMILES string of the molecule is CC(C)Oc1ccc(S(C)(=O)=O)cc1C(=O)N1CCN(c2cnc3ccccc3c2)CC1. The summed E-state index contributed by atoms with van der Waals surface area (Å²) in [7, 11) is -3.44. The molecule has 0 saturated carbocycles. The van der Waals surface area contributed by atoms with E-state index in [1.807, 2.05) is 44.3 Å². The van der Waals surface area contributed by atoms with Crippen molar-refractivity contribution in [2.75, 3.05) is 37.3 Å². The van der Waals surface area contributed by atoms with Gasteiger partial charge in [0.1, 0.15) is 5.75 Å². The number of pyridine rings is 1. The number of anilines is 1. The number of fused-ring (bicyclic) bond motifs is 1. The quantitative estimate of drug-likeness (QED) is 0.589. The van der Waals surface area contributed by atoms with Gasteiger partial charge in [-0.05, 0) is 44.2 Å². The van der Waals surface area contributed by atoms with Crippen LogP contribution in [0.3, 0.4) is 0 Å². The maximum Gasteiger partial charge on any atom is 0.257 e. The lowest BCUT2D eigenvalue weighted by atomic mass is 10.1. The van der Waals surface area contributed by atoms with E-state index in [2.05, 4.69) is 16.0 Å². The van der Waals surface area contributed by atoms with Crippen molar-refractivity contribution >= 4 is 32.3 Å². The lowest BCUT2D eigenvalue weighted by Crippen LogP contribution is -2.49. The van der Waals surface area contributed by atoms with Crippen molar-refractivity contribution in [1.82, 2.24) is 9.88 Å². The van der Waals surface area contributed by atoms with E-state index < -0.39 is 9.84 Å². The molecule has 2 aromatic carbocycles. The Morgan fingerprint density at radius 2 is 1.75 bits per heavy atom. The molecule has 1 saturated heterocycles. The summed E-state index contributed by atoms with van der Waals surface area (Å²) >= 11 is 0. The summed E-state index contributed by atoms with van der Waals surface area (Å²) in [6.07, 6.45) is 2.86. The van der Waals surface area contributed by atoms with Gasteiger partial charge in [0.25, 0.3) is 5.91 Å². The number of hydrogen-bond donors (Lipinski definition) is 0. The van der Waals surface area contributed by atoms with Crippen molar-refractivity contribution in [2.24, 2.45) is 0 Å². The first-order chi connectivity index (χ1) is 15.2. The van der Waals surface area contributed by atoms with Gasteiger partial charge in [0, 0.05) is 37.8 Å². The maximum absolute atomic E-state index is 13.3. The molecule has 4 rings (SSSR count). The van der Waals surface area contributed by atoms with Gasteiger partial charge < -0.3 is 14.5 Å². The van der Waals surface area contributed by atoms with Crippen LogP contribution in [0.15, 0.2) is 59.6 Å². The minimum Gasteiger partial charge on any atom is -0.490 e. The zero-order chi connectivity index (χ0) is 22.9. The van der Waals surface area contributed by atoms with Crippen molar-refractivity contribution in [3.05, 3.63) is 60.3 Å². The van der Waals surface area contributed by atoms with Crippen LogP contribution in [-0.2, 0) is 9.84 Å². The summed E-state index contributed by atoms with van der Waals surface area (Å²) in [4.78, 5) is 21.9.